The van der Waals surface area contributed by atoms with Crippen LogP contribution in [0.3, 0.4) is 0 Å². The molecule has 1 saturated heterocycles. The highest BCUT2D eigenvalue weighted by Crippen LogP contribution is 2.16. The van der Waals surface area contributed by atoms with Gasteiger partial charge in [-0.3, -0.25) is 0 Å². The maximum atomic E-state index is 12.2. The van der Waals surface area contributed by atoms with Crippen LogP contribution in [0.15, 0.2) is 24.3 Å². The van der Waals surface area contributed by atoms with E-state index in [0.717, 1.165) is 0 Å². The van der Waals surface area contributed by atoms with Gasteiger partial charge in [-0.25, -0.2) is 8.42 Å². The summed E-state index contributed by atoms with van der Waals surface area (Å²) in [4.78, 5) is 0. The molecule has 1 heterocycles. The monoisotopic (exact) mass is 270 g/mol. The van der Waals surface area contributed by atoms with E-state index >= 15 is 0 Å². The first-order valence-corrected chi connectivity index (χ1v) is 7.52. The number of ether oxygens (including phenoxy) is 1. The Bertz CT molecular complexity index is 516. The van der Waals surface area contributed by atoms with E-state index in [2.05, 4.69) is 0 Å². The Balaban J connectivity index is 2.11. The lowest BCUT2D eigenvalue weighted by Gasteiger charge is -2.30. The minimum Gasteiger partial charge on any atom is -0.399 e. The van der Waals surface area contributed by atoms with Crippen LogP contribution in [0.5, 0.6) is 0 Å². The number of rotatable bonds is 3. The number of sulfonamides is 1. The molecule has 2 N–H and O–H groups in total. The number of nitrogens with zero attached hydrogens (tertiary/aromatic N) is 1. The molecule has 1 aromatic carbocycles. The number of hydrogen-bond donors (Lipinski definition) is 1. The number of benzene rings is 1. The topological polar surface area (TPSA) is 72.6 Å². The molecule has 0 aliphatic carbocycles. The van der Waals surface area contributed by atoms with Crippen LogP contribution in [-0.2, 0) is 20.5 Å². The van der Waals surface area contributed by atoms with Gasteiger partial charge in [0.05, 0.1) is 18.5 Å². The average molecular weight is 270 g/mol. The molecule has 1 atom stereocenters. The van der Waals surface area contributed by atoms with Crippen LogP contribution in [0.2, 0.25) is 0 Å². The van der Waals surface area contributed by atoms with Gasteiger partial charge in [0, 0.05) is 18.8 Å². The number of nitrogens with two attached hydrogens (primary N) is 1. The molecule has 1 unspecified atom stereocenters. The zero-order valence-electron chi connectivity index (χ0n) is 10.4. The number of nitrogen functional groups attached to an aromatic ring is 1. The average Bonchev–Trinajstić information content (AvgIpc) is 2.28. The van der Waals surface area contributed by atoms with Crippen LogP contribution in [0, 0.1) is 0 Å². The van der Waals surface area contributed by atoms with E-state index in [4.69, 9.17) is 10.5 Å². The molecule has 1 aliphatic rings. The van der Waals surface area contributed by atoms with E-state index < -0.39 is 10.0 Å². The van der Waals surface area contributed by atoms with Gasteiger partial charge in [-0.1, -0.05) is 12.1 Å². The molecule has 0 radical (unpaired) electrons. The highest BCUT2D eigenvalue weighted by Gasteiger charge is 2.27. The predicted molar refractivity (Wildman–Crippen MR) is 70.5 cm³/mol. The van der Waals surface area contributed by atoms with Crippen molar-refractivity contribution < 1.29 is 13.2 Å². The van der Waals surface area contributed by atoms with Crippen molar-refractivity contribution in [1.82, 2.24) is 4.31 Å². The molecule has 6 heteroatoms. The minimum atomic E-state index is -3.29. The largest absolute Gasteiger partial charge is 0.399 e. The molecule has 0 spiro atoms. The molecule has 2 rings (SSSR count). The van der Waals surface area contributed by atoms with Gasteiger partial charge in [-0.2, -0.15) is 4.31 Å². The summed E-state index contributed by atoms with van der Waals surface area (Å²) < 4.78 is 31.3. The molecule has 1 aromatic rings. The van der Waals surface area contributed by atoms with Crippen molar-refractivity contribution in [1.29, 1.82) is 0 Å². The van der Waals surface area contributed by atoms with Crippen LogP contribution in [0.4, 0.5) is 5.69 Å². The molecule has 100 valence electrons. The zero-order valence-corrected chi connectivity index (χ0v) is 11.2. The standard InChI is InChI=1S/C12H18N2O3S/c1-10-8-14(5-6-17-10)18(15,16)9-11-3-2-4-12(13)7-11/h2-4,7,10H,5-6,8-9,13H2,1H3. The van der Waals surface area contributed by atoms with Crippen molar-refractivity contribution in [2.45, 2.75) is 18.8 Å². The molecule has 18 heavy (non-hydrogen) atoms. The van der Waals surface area contributed by atoms with Crippen molar-refractivity contribution >= 4 is 15.7 Å². The van der Waals surface area contributed by atoms with Gasteiger partial charge in [0.15, 0.2) is 0 Å². The first kappa shape index (κ1) is 13.3. The maximum Gasteiger partial charge on any atom is 0.218 e. The first-order chi connectivity index (χ1) is 8.47. The molecule has 0 bridgehead atoms. The maximum absolute atomic E-state index is 12.2. The van der Waals surface area contributed by atoms with Gasteiger partial charge < -0.3 is 10.5 Å². The smallest absolute Gasteiger partial charge is 0.218 e. The van der Waals surface area contributed by atoms with Crippen LogP contribution >= 0.6 is 0 Å². The molecular formula is C12H18N2O3S. The van der Waals surface area contributed by atoms with Gasteiger partial charge in [0.1, 0.15) is 0 Å². The Morgan fingerprint density at radius 3 is 2.94 bits per heavy atom. The summed E-state index contributed by atoms with van der Waals surface area (Å²) in [6.07, 6.45) is -0.0469. The third kappa shape index (κ3) is 3.22. The highest BCUT2D eigenvalue weighted by molar-refractivity contribution is 7.88. The van der Waals surface area contributed by atoms with Crippen LogP contribution in [0.1, 0.15) is 12.5 Å². The molecule has 1 aliphatic heterocycles. The number of morpholine rings is 1. The van der Waals surface area contributed by atoms with Crippen molar-refractivity contribution in [2.24, 2.45) is 0 Å². The fourth-order valence-corrected chi connectivity index (χ4v) is 3.60. The zero-order chi connectivity index (χ0) is 13.2. The molecule has 5 nitrogen and oxygen atoms in total. The van der Waals surface area contributed by atoms with Gasteiger partial charge in [0.25, 0.3) is 0 Å². The lowest BCUT2D eigenvalue weighted by Crippen LogP contribution is -2.44. The van der Waals surface area contributed by atoms with Crippen molar-refractivity contribution in [3.63, 3.8) is 0 Å². The Morgan fingerprint density at radius 1 is 1.50 bits per heavy atom. The molecule has 0 aromatic heterocycles. The lowest BCUT2D eigenvalue weighted by atomic mass is 10.2. The minimum absolute atomic E-state index is 0.00917. The van der Waals surface area contributed by atoms with Crippen LogP contribution < -0.4 is 5.73 Å². The second kappa shape index (κ2) is 5.26. The molecular weight excluding hydrogens is 252 g/mol. The van der Waals surface area contributed by atoms with E-state index in [1.54, 1.807) is 24.3 Å². The van der Waals surface area contributed by atoms with Crippen molar-refractivity contribution in [2.75, 3.05) is 25.4 Å². The summed E-state index contributed by atoms with van der Waals surface area (Å²) in [6, 6.07) is 6.98. The Morgan fingerprint density at radius 2 is 2.28 bits per heavy atom. The number of anilines is 1. The van der Waals surface area contributed by atoms with Gasteiger partial charge in [-0.15, -0.1) is 0 Å². The lowest BCUT2D eigenvalue weighted by molar-refractivity contribution is 0.0101. The summed E-state index contributed by atoms with van der Waals surface area (Å²) in [7, 11) is -3.29. The summed E-state index contributed by atoms with van der Waals surface area (Å²) >= 11 is 0. The van der Waals surface area contributed by atoms with E-state index in [1.807, 2.05) is 6.92 Å². The second-order valence-electron chi connectivity index (χ2n) is 4.54. The summed E-state index contributed by atoms with van der Waals surface area (Å²) in [5, 5.41) is 0. The third-order valence-electron chi connectivity index (χ3n) is 2.90. The highest BCUT2D eigenvalue weighted by atomic mass is 32.2. The Labute approximate surface area is 108 Å². The van der Waals surface area contributed by atoms with E-state index in [9.17, 15) is 8.42 Å². The molecule has 0 amide bonds. The van der Waals surface area contributed by atoms with E-state index in [0.29, 0.717) is 30.9 Å². The van der Waals surface area contributed by atoms with E-state index in [-0.39, 0.29) is 11.9 Å². The fourth-order valence-electron chi connectivity index (χ4n) is 2.02. The summed E-state index contributed by atoms with van der Waals surface area (Å²) in [5.41, 5.74) is 6.95. The van der Waals surface area contributed by atoms with Crippen LogP contribution in [0.25, 0.3) is 0 Å². The molecule has 1 fully saturated rings. The van der Waals surface area contributed by atoms with E-state index in [1.165, 1.54) is 4.31 Å². The van der Waals surface area contributed by atoms with Crippen molar-refractivity contribution in [3.05, 3.63) is 29.8 Å². The second-order valence-corrected chi connectivity index (χ2v) is 6.51. The SMILES string of the molecule is CC1CN(S(=O)(=O)Cc2cccc(N)c2)CCO1. The van der Waals surface area contributed by atoms with Crippen molar-refractivity contribution in [3.8, 4) is 0 Å². The van der Waals surface area contributed by atoms with Crippen LogP contribution in [-0.4, -0.2) is 38.5 Å². The quantitative estimate of drug-likeness (QED) is 0.825. The summed E-state index contributed by atoms with van der Waals surface area (Å²) in [5.74, 6) is -0.00917. The molecule has 0 saturated carbocycles. The fraction of sp³-hybridized carbons (Fsp3) is 0.500. The Hall–Kier alpha value is -1.11. The normalized spacial score (nSPS) is 21.9. The number of hydrogen-bond acceptors (Lipinski definition) is 4. The summed E-state index contributed by atoms with van der Waals surface area (Å²) in [6.45, 7) is 3.18. The predicted octanol–water partition coefficient (Wildman–Crippen LogP) is 0.819. The van der Waals surface area contributed by atoms with Gasteiger partial charge in [0.2, 0.25) is 10.0 Å². The third-order valence-corrected chi connectivity index (χ3v) is 4.71. The van der Waals surface area contributed by atoms with Gasteiger partial charge in [-0.05, 0) is 24.6 Å². The van der Waals surface area contributed by atoms with Gasteiger partial charge >= 0.3 is 0 Å². The first-order valence-electron chi connectivity index (χ1n) is 5.91. The Kier molecular flexibility index (Phi) is 3.89.